The van der Waals surface area contributed by atoms with Crippen molar-refractivity contribution in [3.8, 4) is 0 Å². The molecule has 0 spiro atoms. The van der Waals surface area contributed by atoms with Gasteiger partial charge in [0.1, 0.15) is 6.61 Å². The number of hydrogen-bond acceptors (Lipinski definition) is 2. The Labute approximate surface area is 135 Å². The highest BCUT2D eigenvalue weighted by Gasteiger charge is 2.34. The standard InChI is InChI=1S/C20H30O2/c1-14(2)7-5-9-16(4)18-12-11-15(3)8-6-10-17-13-22-20(21)19(17)18/h7-8,16,18H,5-6,9-13H2,1-4H3. The lowest BCUT2D eigenvalue weighted by molar-refractivity contribution is -0.136. The van der Waals surface area contributed by atoms with Crippen molar-refractivity contribution in [2.45, 2.75) is 66.2 Å². The zero-order chi connectivity index (χ0) is 16.1. The van der Waals surface area contributed by atoms with E-state index in [-0.39, 0.29) is 5.97 Å². The fraction of sp³-hybridized carbons (Fsp3) is 0.650. The van der Waals surface area contributed by atoms with E-state index >= 15 is 0 Å². The van der Waals surface area contributed by atoms with Crippen LogP contribution in [0, 0.1) is 11.8 Å². The summed E-state index contributed by atoms with van der Waals surface area (Å²) < 4.78 is 5.36. The molecule has 1 aliphatic heterocycles. The van der Waals surface area contributed by atoms with E-state index in [1.165, 1.54) is 16.7 Å². The molecule has 0 N–H and O–H groups in total. The maximum Gasteiger partial charge on any atom is 0.334 e. The molecule has 0 saturated heterocycles. The topological polar surface area (TPSA) is 26.3 Å². The molecule has 2 heteroatoms. The first kappa shape index (κ1) is 17.1. The van der Waals surface area contributed by atoms with Crippen molar-refractivity contribution >= 4 is 5.97 Å². The van der Waals surface area contributed by atoms with E-state index in [2.05, 4.69) is 39.8 Å². The van der Waals surface area contributed by atoms with E-state index < -0.39 is 0 Å². The first-order valence-electron chi connectivity index (χ1n) is 8.67. The van der Waals surface area contributed by atoms with Gasteiger partial charge in [-0.25, -0.2) is 4.79 Å². The van der Waals surface area contributed by atoms with Crippen LogP contribution in [0.4, 0.5) is 0 Å². The van der Waals surface area contributed by atoms with Gasteiger partial charge in [0, 0.05) is 5.57 Å². The van der Waals surface area contributed by atoms with Crippen LogP contribution >= 0.6 is 0 Å². The summed E-state index contributed by atoms with van der Waals surface area (Å²) in [5, 5.41) is 0. The number of esters is 1. The molecule has 2 atom stereocenters. The van der Waals surface area contributed by atoms with Gasteiger partial charge < -0.3 is 4.74 Å². The summed E-state index contributed by atoms with van der Waals surface area (Å²) in [5.41, 5.74) is 5.12. The molecule has 0 fully saturated rings. The Morgan fingerprint density at radius 1 is 1.41 bits per heavy atom. The molecular formula is C20H30O2. The van der Waals surface area contributed by atoms with Crippen LogP contribution in [0.5, 0.6) is 0 Å². The predicted molar refractivity (Wildman–Crippen MR) is 91.5 cm³/mol. The Morgan fingerprint density at radius 2 is 2.18 bits per heavy atom. The summed E-state index contributed by atoms with van der Waals surface area (Å²) in [6.45, 7) is 9.34. The van der Waals surface area contributed by atoms with Crippen molar-refractivity contribution in [1.29, 1.82) is 0 Å². The molecule has 122 valence electrons. The van der Waals surface area contributed by atoms with Crippen LogP contribution in [0.1, 0.15) is 66.2 Å². The van der Waals surface area contributed by atoms with Crippen molar-refractivity contribution in [2.24, 2.45) is 11.8 Å². The summed E-state index contributed by atoms with van der Waals surface area (Å²) in [7, 11) is 0. The minimum Gasteiger partial charge on any atom is -0.458 e. The molecule has 22 heavy (non-hydrogen) atoms. The lowest BCUT2D eigenvalue weighted by Gasteiger charge is -2.24. The molecule has 2 rings (SSSR count). The van der Waals surface area contributed by atoms with Crippen LogP contribution in [-0.2, 0) is 9.53 Å². The number of allylic oxidation sites excluding steroid dienone is 4. The van der Waals surface area contributed by atoms with Gasteiger partial charge in [0.05, 0.1) is 0 Å². The third kappa shape index (κ3) is 4.34. The van der Waals surface area contributed by atoms with Crippen molar-refractivity contribution < 1.29 is 9.53 Å². The minimum absolute atomic E-state index is 0.0476. The van der Waals surface area contributed by atoms with E-state index in [0.717, 1.165) is 44.1 Å². The molecule has 1 aliphatic carbocycles. The molecule has 1 heterocycles. The van der Waals surface area contributed by atoms with Crippen LogP contribution in [0.2, 0.25) is 0 Å². The van der Waals surface area contributed by atoms with E-state index in [9.17, 15) is 4.79 Å². The van der Waals surface area contributed by atoms with E-state index in [1.807, 2.05) is 0 Å². The molecule has 0 aromatic heterocycles. The van der Waals surface area contributed by atoms with Gasteiger partial charge in [0.25, 0.3) is 0 Å². The zero-order valence-electron chi connectivity index (χ0n) is 14.6. The second kappa shape index (κ2) is 7.80. The predicted octanol–water partition coefficient (Wildman–Crippen LogP) is 5.36. The number of ether oxygens (including phenoxy) is 1. The van der Waals surface area contributed by atoms with Crippen molar-refractivity contribution in [3.63, 3.8) is 0 Å². The van der Waals surface area contributed by atoms with Gasteiger partial charge in [-0.05, 0) is 76.7 Å². The monoisotopic (exact) mass is 302 g/mol. The lowest BCUT2D eigenvalue weighted by atomic mass is 9.79. The normalized spacial score (nSPS) is 23.7. The summed E-state index contributed by atoms with van der Waals surface area (Å²) >= 11 is 0. The van der Waals surface area contributed by atoms with Gasteiger partial charge >= 0.3 is 5.97 Å². The number of cyclic esters (lactones) is 1. The highest BCUT2D eigenvalue weighted by Crippen LogP contribution is 2.37. The first-order valence-corrected chi connectivity index (χ1v) is 8.67. The molecule has 2 unspecified atom stereocenters. The van der Waals surface area contributed by atoms with Crippen molar-refractivity contribution in [3.05, 3.63) is 34.4 Å². The molecule has 2 nitrogen and oxygen atoms in total. The molecule has 2 aliphatic rings. The quantitative estimate of drug-likeness (QED) is 0.516. The molecule has 0 bridgehead atoms. The fourth-order valence-corrected chi connectivity index (χ4v) is 3.60. The average molecular weight is 302 g/mol. The maximum absolute atomic E-state index is 12.3. The number of rotatable bonds is 4. The minimum atomic E-state index is -0.0476. The van der Waals surface area contributed by atoms with Gasteiger partial charge in [-0.3, -0.25) is 0 Å². The molecule has 0 saturated carbocycles. The Balaban J connectivity index is 2.17. The van der Waals surface area contributed by atoms with Crippen LogP contribution in [0.3, 0.4) is 0 Å². The third-order valence-electron chi connectivity index (χ3n) is 5.00. The van der Waals surface area contributed by atoms with Gasteiger partial charge in [-0.15, -0.1) is 0 Å². The first-order chi connectivity index (χ1) is 10.5. The highest BCUT2D eigenvalue weighted by molar-refractivity contribution is 5.92. The summed E-state index contributed by atoms with van der Waals surface area (Å²) in [6.07, 6.45) is 11.1. The summed E-state index contributed by atoms with van der Waals surface area (Å²) in [5.74, 6) is 0.836. The molecular weight excluding hydrogens is 272 g/mol. The molecule has 0 amide bonds. The van der Waals surface area contributed by atoms with Gasteiger partial charge in [0.2, 0.25) is 0 Å². The summed E-state index contributed by atoms with van der Waals surface area (Å²) in [4.78, 5) is 12.3. The van der Waals surface area contributed by atoms with Gasteiger partial charge in [-0.1, -0.05) is 30.2 Å². The van der Waals surface area contributed by atoms with Crippen LogP contribution in [-0.4, -0.2) is 12.6 Å². The SMILES string of the molecule is CC(C)=CCCC(C)C1CCC(C)=CCCC2=C1C(=O)OC2. The number of hydrogen-bond donors (Lipinski definition) is 0. The molecule has 0 aromatic rings. The van der Waals surface area contributed by atoms with E-state index in [1.54, 1.807) is 0 Å². The molecule has 0 aromatic carbocycles. The number of carbonyl (C=O) groups is 1. The van der Waals surface area contributed by atoms with Crippen LogP contribution < -0.4 is 0 Å². The van der Waals surface area contributed by atoms with Gasteiger partial charge in [0.15, 0.2) is 0 Å². The second-order valence-corrected chi connectivity index (χ2v) is 7.16. The average Bonchev–Trinajstić information content (AvgIpc) is 2.83. The van der Waals surface area contributed by atoms with Crippen molar-refractivity contribution in [1.82, 2.24) is 0 Å². The Morgan fingerprint density at radius 3 is 2.91 bits per heavy atom. The Kier molecular flexibility index (Phi) is 6.05. The Hall–Kier alpha value is -1.31. The van der Waals surface area contributed by atoms with E-state index in [4.69, 9.17) is 4.74 Å². The maximum atomic E-state index is 12.3. The zero-order valence-corrected chi connectivity index (χ0v) is 14.6. The van der Waals surface area contributed by atoms with Crippen molar-refractivity contribution in [2.75, 3.05) is 6.61 Å². The highest BCUT2D eigenvalue weighted by atomic mass is 16.5. The Bertz CT molecular complexity index is 504. The molecule has 0 radical (unpaired) electrons. The summed E-state index contributed by atoms with van der Waals surface area (Å²) in [6, 6.07) is 0. The lowest BCUT2D eigenvalue weighted by Crippen LogP contribution is -2.19. The smallest absolute Gasteiger partial charge is 0.334 e. The number of carbonyl (C=O) groups excluding carboxylic acids is 1. The van der Waals surface area contributed by atoms with Crippen LogP contribution in [0.25, 0.3) is 0 Å². The fourth-order valence-electron chi connectivity index (χ4n) is 3.60. The van der Waals surface area contributed by atoms with Gasteiger partial charge in [-0.2, -0.15) is 0 Å². The van der Waals surface area contributed by atoms with Crippen LogP contribution in [0.15, 0.2) is 34.4 Å². The largest absolute Gasteiger partial charge is 0.458 e. The van der Waals surface area contributed by atoms with E-state index in [0.29, 0.717) is 18.4 Å². The second-order valence-electron chi connectivity index (χ2n) is 7.16. The third-order valence-corrected chi connectivity index (χ3v) is 5.00.